The van der Waals surface area contributed by atoms with E-state index in [-0.39, 0.29) is 0 Å². The number of pyridine rings is 1. The minimum absolute atomic E-state index is 0.328. The van der Waals surface area contributed by atoms with Crippen molar-refractivity contribution in [2.24, 2.45) is 0 Å². The van der Waals surface area contributed by atoms with Gasteiger partial charge in [-0.1, -0.05) is 6.07 Å². The van der Waals surface area contributed by atoms with Crippen LogP contribution < -0.4 is 14.4 Å². The monoisotopic (exact) mass is 364 g/mol. The second-order valence-electron chi connectivity index (χ2n) is 7.35. The standard InChI is InChI=1S/C21H24N4O2/c1-23(14-18-13-22-21-4-2-3-9-25(18)21)16-7-10-24(11-8-16)17-5-6-19-20(12-17)27-15-26-19/h2-6,9,12-13,16H,7-8,10-11,14-15H2,1H3. The topological polar surface area (TPSA) is 42.2 Å². The average molecular weight is 364 g/mol. The maximum Gasteiger partial charge on any atom is 0.231 e. The van der Waals surface area contributed by atoms with Crippen LogP contribution in [0.25, 0.3) is 5.65 Å². The molecule has 0 radical (unpaired) electrons. The van der Waals surface area contributed by atoms with Gasteiger partial charge in [0.05, 0.1) is 11.9 Å². The predicted octanol–water partition coefficient (Wildman–Crippen LogP) is 3.16. The van der Waals surface area contributed by atoms with Crippen LogP contribution in [0.4, 0.5) is 5.69 Å². The number of piperidine rings is 1. The second-order valence-corrected chi connectivity index (χ2v) is 7.35. The third kappa shape index (κ3) is 3.10. The van der Waals surface area contributed by atoms with Gasteiger partial charge in [0.15, 0.2) is 11.5 Å². The summed E-state index contributed by atoms with van der Waals surface area (Å²) in [5.41, 5.74) is 3.48. The number of benzene rings is 1. The third-order valence-corrected chi connectivity index (χ3v) is 5.71. The molecule has 1 fully saturated rings. The highest BCUT2D eigenvalue weighted by Gasteiger charge is 2.24. The first-order chi connectivity index (χ1) is 13.3. The van der Waals surface area contributed by atoms with Crippen molar-refractivity contribution in [2.45, 2.75) is 25.4 Å². The van der Waals surface area contributed by atoms with E-state index in [1.165, 1.54) is 11.4 Å². The van der Waals surface area contributed by atoms with Crippen molar-refractivity contribution in [3.63, 3.8) is 0 Å². The highest BCUT2D eigenvalue weighted by atomic mass is 16.7. The van der Waals surface area contributed by atoms with Gasteiger partial charge < -0.3 is 18.8 Å². The highest BCUT2D eigenvalue weighted by molar-refractivity contribution is 5.57. The van der Waals surface area contributed by atoms with E-state index in [1.807, 2.05) is 24.4 Å². The number of aromatic nitrogens is 2. The van der Waals surface area contributed by atoms with E-state index in [1.54, 1.807) is 0 Å². The Morgan fingerprint density at radius 1 is 1.11 bits per heavy atom. The first-order valence-electron chi connectivity index (χ1n) is 9.54. The van der Waals surface area contributed by atoms with E-state index in [9.17, 15) is 0 Å². The number of anilines is 1. The number of nitrogens with zero attached hydrogens (tertiary/aromatic N) is 4. The SMILES string of the molecule is CN(Cc1cnc2ccccn12)C1CCN(c2ccc3c(c2)OCO3)CC1. The van der Waals surface area contributed by atoms with E-state index >= 15 is 0 Å². The largest absolute Gasteiger partial charge is 0.454 e. The van der Waals surface area contributed by atoms with Crippen LogP contribution in [-0.2, 0) is 6.54 Å². The Morgan fingerprint density at radius 2 is 1.96 bits per heavy atom. The van der Waals surface area contributed by atoms with E-state index in [4.69, 9.17) is 9.47 Å². The van der Waals surface area contributed by atoms with Crippen molar-refractivity contribution in [3.8, 4) is 11.5 Å². The summed E-state index contributed by atoms with van der Waals surface area (Å²) in [5.74, 6) is 1.71. The summed E-state index contributed by atoms with van der Waals surface area (Å²) < 4.78 is 13.1. The lowest BCUT2D eigenvalue weighted by atomic mass is 10.0. The molecule has 2 aliphatic rings. The molecule has 2 aromatic heterocycles. The Bertz CT molecular complexity index is 946. The average Bonchev–Trinajstić information content (AvgIpc) is 3.35. The highest BCUT2D eigenvalue weighted by Crippen LogP contribution is 2.36. The number of ether oxygens (including phenoxy) is 2. The molecule has 1 saturated heterocycles. The molecule has 0 amide bonds. The maximum atomic E-state index is 5.52. The quantitative estimate of drug-likeness (QED) is 0.711. The lowest BCUT2D eigenvalue weighted by Crippen LogP contribution is -2.43. The molecule has 140 valence electrons. The molecule has 0 aliphatic carbocycles. The van der Waals surface area contributed by atoms with Crippen molar-refractivity contribution in [3.05, 3.63) is 54.5 Å². The van der Waals surface area contributed by atoms with Gasteiger partial charge in [0, 0.05) is 43.6 Å². The van der Waals surface area contributed by atoms with Crippen LogP contribution >= 0.6 is 0 Å². The van der Waals surface area contributed by atoms with Gasteiger partial charge in [-0.25, -0.2) is 4.98 Å². The molecular formula is C21H24N4O2. The number of fused-ring (bicyclic) bond motifs is 2. The normalized spacial score (nSPS) is 17.2. The fourth-order valence-corrected chi connectivity index (χ4v) is 4.13. The molecule has 0 bridgehead atoms. The van der Waals surface area contributed by atoms with E-state index in [0.717, 1.165) is 49.6 Å². The molecule has 0 atom stereocenters. The number of hydrogen-bond acceptors (Lipinski definition) is 5. The van der Waals surface area contributed by atoms with Crippen molar-refractivity contribution in [1.82, 2.24) is 14.3 Å². The molecule has 4 heterocycles. The van der Waals surface area contributed by atoms with Gasteiger partial charge in [-0.05, 0) is 44.2 Å². The molecule has 0 N–H and O–H groups in total. The van der Waals surface area contributed by atoms with Crippen LogP contribution in [0.1, 0.15) is 18.5 Å². The van der Waals surface area contributed by atoms with Crippen molar-refractivity contribution < 1.29 is 9.47 Å². The molecule has 5 rings (SSSR count). The van der Waals surface area contributed by atoms with Gasteiger partial charge in [-0.15, -0.1) is 0 Å². The Balaban J connectivity index is 1.22. The van der Waals surface area contributed by atoms with Gasteiger partial charge in [0.25, 0.3) is 0 Å². The van der Waals surface area contributed by atoms with Crippen molar-refractivity contribution >= 4 is 11.3 Å². The Kier molecular flexibility index (Phi) is 4.13. The molecule has 0 saturated carbocycles. The molecule has 3 aromatic rings. The fourth-order valence-electron chi connectivity index (χ4n) is 4.13. The molecule has 0 spiro atoms. The first-order valence-corrected chi connectivity index (χ1v) is 9.54. The number of rotatable bonds is 4. The Labute approximate surface area is 158 Å². The predicted molar refractivity (Wildman–Crippen MR) is 104 cm³/mol. The third-order valence-electron chi connectivity index (χ3n) is 5.71. The van der Waals surface area contributed by atoms with Gasteiger partial charge in [0.2, 0.25) is 6.79 Å². The van der Waals surface area contributed by atoms with Gasteiger partial charge in [-0.3, -0.25) is 4.90 Å². The molecule has 6 heteroatoms. The van der Waals surface area contributed by atoms with Gasteiger partial charge >= 0.3 is 0 Å². The summed E-state index contributed by atoms with van der Waals surface area (Å²) in [5, 5.41) is 0. The summed E-state index contributed by atoms with van der Waals surface area (Å²) in [6.45, 7) is 3.36. The van der Waals surface area contributed by atoms with Crippen LogP contribution in [0, 0.1) is 0 Å². The maximum absolute atomic E-state index is 5.52. The van der Waals surface area contributed by atoms with Gasteiger partial charge in [-0.2, -0.15) is 0 Å². The molecule has 2 aliphatic heterocycles. The van der Waals surface area contributed by atoms with E-state index < -0.39 is 0 Å². The summed E-state index contributed by atoms with van der Waals surface area (Å²) in [6, 6.07) is 13.0. The molecular weight excluding hydrogens is 340 g/mol. The zero-order valence-corrected chi connectivity index (χ0v) is 15.5. The zero-order valence-electron chi connectivity index (χ0n) is 15.5. The molecule has 6 nitrogen and oxygen atoms in total. The summed E-state index contributed by atoms with van der Waals surface area (Å²) >= 11 is 0. The summed E-state index contributed by atoms with van der Waals surface area (Å²) in [6.07, 6.45) is 6.39. The smallest absolute Gasteiger partial charge is 0.231 e. The van der Waals surface area contributed by atoms with E-state index in [2.05, 4.69) is 50.6 Å². The molecule has 1 aromatic carbocycles. The fraction of sp³-hybridized carbons (Fsp3) is 0.381. The van der Waals surface area contributed by atoms with Crippen LogP contribution in [0.2, 0.25) is 0 Å². The molecule has 0 unspecified atom stereocenters. The van der Waals surface area contributed by atoms with Crippen LogP contribution in [0.5, 0.6) is 11.5 Å². The minimum Gasteiger partial charge on any atom is -0.454 e. The number of hydrogen-bond donors (Lipinski definition) is 0. The van der Waals surface area contributed by atoms with E-state index in [0.29, 0.717) is 12.8 Å². The lowest BCUT2D eigenvalue weighted by molar-refractivity contribution is 0.174. The molecule has 27 heavy (non-hydrogen) atoms. The van der Waals surface area contributed by atoms with Crippen molar-refractivity contribution in [2.75, 3.05) is 31.8 Å². The summed E-state index contributed by atoms with van der Waals surface area (Å²) in [7, 11) is 2.23. The lowest BCUT2D eigenvalue weighted by Gasteiger charge is -2.37. The first kappa shape index (κ1) is 16.4. The van der Waals surface area contributed by atoms with Crippen molar-refractivity contribution in [1.29, 1.82) is 0 Å². The zero-order chi connectivity index (χ0) is 18.2. The van der Waals surface area contributed by atoms with Crippen LogP contribution in [0.15, 0.2) is 48.8 Å². The Morgan fingerprint density at radius 3 is 2.85 bits per heavy atom. The van der Waals surface area contributed by atoms with Crippen LogP contribution in [0.3, 0.4) is 0 Å². The number of imidazole rings is 1. The van der Waals surface area contributed by atoms with Crippen LogP contribution in [-0.4, -0.2) is 47.3 Å². The second kappa shape index (κ2) is 6.78. The summed E-state index contributed by atoms with van der Waals surface area (Å²) in [4.78, 5) is 9.41. The Hall–Kier alpha value is -2.73. The minimum atomic E-state index is 0.328. The van der Waals surface area contributed by atoms with Gasteiger partial charge in [0.1, 0.15) is 5.65 Å².